The lowest BCUT2D eigenvalue weighted by molar-refractivity contribution is -0.129. The summed E-state index contributed by atoms with van der Waals surface area (Å²) in [5.41, 5.74) is 1.24. The quantitative estimate of drug-likeness (QED) is 0.912. The summed E-state index contributed by atoms with van der Waals surface area (Å²) in [6.07, 6.45) is 2.06. The summed E-state index contributed by atoms with van der Waals surface area (Å²) in [5.74, 6) is 2.15. The van der Waals surface area contributed by atoms with Crippen LogP contribution in [0.1, 0.15) is 49.8 Å². The summed E-state index contributed by atoms with van der Waals surface area (Å²) >= 11 is 0. The Morgan fingerprint density at radius 3 is 2.53 bits per heavy atom. The smallest absolute Gasteiger partial charge is 0.219 e. The molecule has 1 aromatic heterocycles. The first-order valence-corrected chi connectivity index (χ1v) is 7.06. The van der Waals surface area contributed by atoms with Gasteiger partial charge in [0.15, 0.2) is 0 Å². The van der Waals surface area contributed by atoms with Gasteiger partial charge in [-0.15, -0.1) is 0 Å². The second-order valence-corrected chi connectivity index (χ2v) is 5.54. The van der Waals surface area contributed by atoms with Gasteiger partial charge in [-0.05, 0) is 39.7 Å². The van der Waals surface area contributed by atoms with Crippen molar-refractivity contribution >= 4 is 5.91 Å². The Bertz CT molecular complexity index is 445. The molecular weight excluding hydrogens is 240 g/mol. The number of nitrogens with zero attached hydrogens (tertiary/aromatic N) is 1. The molecule has 1 fully saturated rings. The van der Waals surface area contributed by atoms with Crippen molar-refractivity contribution in [2.45, 2.75) is 52.6 Å². The highest BCUT2D eigenvalue weighted by molar-refractivity contribution is 5.73. The van der Waals surface area contributed by atoms with Crippen LogP contribution in [0.5, 0.6) is 0 Å². The average Bonchev–Trinajstić information content (AvgIpc) is 2.69. The lowest BCUT2D eigenvalue weighted by Crippen LogP contribution is -2.44. The van der Waals surface area contributed by atoms with Crippen molar-refractivity contribution in [2.75, 3.05) is 13.1 Å². The third kappa shape index (κ3) is 3.38. The van der Waals surface area contributed by atoms with Crippen LogP contribution in [0, 0.1) is 13.8 Å². The molecule has 0 bridgehead atoms. The zero-order chi connectivity index (χ0) is 14.0. The number of aryl methyl sites for hydroxylation is 2. The molecule has 4 heteroatoms. The fourth-order valence-electron chi connectivity index (χ4n) is 2.88. The number of nitrogens with one attached hydrogen (secondary N) is 1. The van der Waals surface area contributed by atoms with E-state index in [2.05, 4.69) is 18.3 Å². The van der Waals surface area contributed by atoms with E-state index in [0.717, 1.165) is 37.5 Å². The number of likely N-dealkylation sites (tertiary alicyclic amines) is 1. The minimum Gasteiger partial charge on any atom is -0.466 e. The second-order valence-electron chi connectivity index (χ2n) is 5.54. The van der Waals surface area contributed by atoms with Crippen LogP contribution in [0.3, 0.4) is 0 Å². The fourth-order valence-corrected chi connectivity index (χ4v) is 2.88. The number of hydrogen-bond donors (Lipinski definition) is 1. The number of rotatable bonds is 3. The van der Waals surface area contributed by atoms with Gasteiger partial charge in [0.2, 0.25) is 5.91 Å². The van der Waals surface area contributed by atoms with Crippen LogP contribution in [0.15, 0.2) is 10.5 Å². The molecule has 0 radical (unpaired) electrons. The standard InChI is InChI=1S/C15H24N2O2/c1-10-9-15(12(3)19-10)11(2)16-14-5-7-17(8-6-14)13(4)18/h9,11,14,16H,5-8H2,1-4H3/t11-/m1/s1. The van der Waals surface area contributed by atoms with Crippen molar-refractivity contribution in [3.8, 4) is 0 Å². The molecule has 19 heavy (non-hydrogen) atoms. The molecular formula is C15H24N2O2. The predicted octanol–water partition coefficient (Wildman–Crippen LogP) is 2.56. The number of amides is 1. The maximum Gasteiger partial charge on any atom is 0.219 e. The minimum atomic E-state index is 0.188. The molecule has 2 rings (SSSR count). The zero-order valence-electron chi connectivity index (χ0n) is 12.3. The monoisotopic (exact) mass is 264 g/mol. The Labute approximate surface area is 115 Å². The van der Waals surface area contributed by atoms with Crippen LogP contribution in [0.2, 0.25) is 0 Å². The highest BCUT2D eigenvalue weighted by Gasteiger charge is 2.23. The molecule has 1 aliphatic heterocycles. The van der Waals surface area contributed by atoms with Gasteiger partial charge >= 0.3 is 0 Å². The summed E-state index contributed by atoms with van der Waals surface area (Å²) in [6, 6.07) is 2.89. The predicted molar refractivity (Wildman–Crippen MR) is 75.0 cm³/mol. The fraction of sp³-hybridized carbons (Fsp3) is 0.667. The molecule has 1 aliphatic rings. The van der Waals surface area contributed by atoms with E-state index < -0.39 is 0 Å². The Morgan fingerprint density at radius 2 is 2.05 bits per heavy atom. The van der Waals surface area contributed by atoms with Crippen LogP contribution in [0.25, 0.3) is 0 Å². The Morgan fingerprint density at radius 1 is 1.42 bits per heavy atom. The van der Waals surface area contributed by atoms with Gasteiger partial charge in [-0.2, -0.15) is 0 Å². The van der Waals surface area contributed by atoms with Gasteiger partial charge in [-0.1, -0.05) is 0 Å². The molecule has 1 atom stereocenters. The first-order chi connectivity index (χ1) is 8.97. The molecule has 1 saturated heterocycles. The normalized spacial score (nSPS) is 18.6. The van der Waals surface area contributed by atoms with Gasteiger partial charge in [0.1, 0.15) is 11.5 Å². The first kappa shape index (κ1) is 14.1. The maximum atomic E-state index is 11.3. The summed E-state index contributed by atoms with van der Waals surface area (Å²) < 4.78 is 5.58. The van der Waals surface area contributed by atoms with Gasteiger partial charge in [-0.25, -0.2) is 0 Å². The van der Waals surface area contributed by atoms with E-state index in [1.807, 2.05) is 18.7 Å². The van der Waals surface area contributed by atoms with Gasteiger partial charge in [0, 0.05) is 37.7 Å². The molecule has 0 spiro atoms. The number of hydrogen-bond acceptors (Lipinski definition) is 3. The topological polar surface area (TPSA) is 45.5 Å². The van der Waals surface area contributed by atoms with E-state index in [9.17, 15) is 4.79 Å². The Hall–Kier alpha value is -1.29. The molecule has 106 valence electrons. The SMILES string of the molecule is CC(=O)N1CCC(N[C@H](C)c2cc(C)oc2C)CC1. The van der Waals surface area contributed by atoms with E-state index >= 15 is 0 Å². The molecule has 0 aromatic carbocycles. The van der Waals surface area contributed by atoms with Crippen LogP contribution in [-0.4, -0.2) is 29.9 Å². The van der Waals surface area contributed by atoms with Crippen molar-refractivity contribution < 1.29 is 9.21 Å². The molecule has 0 unspecified atom stereocenters. The minimum absolute atomic E-state index is 0.188. The molecule has 1 amide bonds. The molecule has 0 saturated carbocycles. The average molecular weight is 264 g/mol. The van der Waals surface area contributed by atoms with Crippen LogP contribution >= 0.6 is 0 Å². The lowest BCUT2D eigenvalue weighted by Gasteiger charge is -2.33. The molecule has 0 aliphatic carbocycles. The number of carbonyl (C=O) groups excluding carboxylic acids is 1. The summed E-state index contributed by atoms with van der Waals surface area (Å²) in [4.78, 5) is 13.2. The molecule has 2 heterocycles. The molecule has 1 N–H and O–H groups in total. The number of piperidine rings is 1. The maximum absolute atomic E-state index is 11.3. The number of carbonyl (C=O) groups is 1. The van der Waals surface area contributed by atoms with Crippen molar-refractivity contribution in [3.05, 3.63) is 23.2 Å². The molecule has 4 nitrogen and oxygen atoms in total. The summed E-state index contributed by atoms with van der Waals surface area (Å²) in [7, 11) is 0. The summed E-state index contributed by atoms with van der Waals surface area (Å²) in [6.45, 7) is 9.54. The van der Waals surface area contributed by atoms with Crippen LogP contribution < -0.4 is 5.32 Å². The van der Waals surface area contributed by atoms with Crippen molar-refractivity contribution in [1.82, 2.24) is 10.2 Å². The highest BCUT2D eigenvalue weighted by atomic mass is 16.3. The van der Waals surface area contributed by atoms with Crippen LogP contribution in [0.4, 0.5) is 0 Å². The number of furan rings is 1. The van der Waals surface area contributed by atoms with E-state index in [0.29, 0.717) is 12.1 Å². The Kier molecular flexibility index (Phi) is 4.30. The second kappa shape index (κ2) is 5.78. The van der Waals surface area contributed by atoms with E-state index in [-0.39, 0.29) is 5.91 Å². The Balaban J connectivity index is 1.89. The van der Waals surface area contributed by atoms with Gasteiger partial charge in [-0.3, -0.25) is 4.79 Å². The van der Waals surface area contributed by atoms with Crippen molar-refractivity contribution in [3.63, 3.8) is 0 Å². The van der Waals surface area contributed by atoms with Gasteiger partial charge < -0.3 is 14.6 Å². The van der Waals surface area contributed by atoms with E-state index in [1.165, 1.54) is 5.56 Å². The highest BCUT2D eigenvalue weighted by Crippen LogP contribution is 2.23. The third-order valence-electron chi connectivity index (χ3n) is 3.97. The van der Waals surface area contributed by atoms with Crippen LogP contribution in [-0.2, 0) is 4.79 Å². The van der Waals surface area contributed by atoms with Gasteiger partial charge in [0.05, 0.1) is 0 Å². The van der Waals surface area contributed by atoms with E-state index in [4.69, 9.17) is 4.42 Å². The summed E-state index contributed by atoms with van der Waals surface area (Å²) in [5, 5.41) is 3.65. The van der Waals surface area contributed by atoms with Crippen molar-refractivity contribution in [2.24, 2.45) is 0 Å². The lowest BCUT2D eigenvalue weighted by atomic mass is 10.0. The van der Waals surface area contributed by atoms with Gasteiger partial charge in [0.25, 0.3) is 0 Å². The largest absolute Gasteiger partial charge is 0.466 e. The molecule has 1 aromatic rings. The van der Waals surface area contributed by atoms with Crippen molar-refractivity contribution in [1.29, 1.82) is 0 Å². The zero-order valence-corrected chi connectivity index (χ0v) is 12.3. The first-order valence-electron chi connectivity index (χ1n) is 7.06. The third-order valence-corrected chi connectivity index (χ3v) is 3.97. The van der Waals surface area contributed by atoms with E-state index in [1.54, 1.807) is 6.92 Å².